The molecule has 1 heterocycles. The van der Waals surface area contributed by atoms with Crippen molar-refractivity contribution in [2.24, 2.45) is 5.92 Å². The second kappa shape index (κ2) is 9.03. The van der Waals surface area contributed by atoms with Crippen LogP contribution in [0.4, 0.5) is 0 Å². The molecule has 23 heavy (non-hydrogen) atoms. The maximum Gasteiger partial charge on any atom is 0.237 e. The second-order valence-electron chi connectivity index (χ2n) is 8.04. The van der Waals surface area contributed by atoms with E-state index >= 15 is 0 Å². The monoisotopic (exact) mass is 323 g/mol. The van der Waals surface area contributed by atoms with Gasteiger partial charge in [-0.05, 0) is 78.4 Å². The molecule has 0 aromatic heterocycles. The van der Waals surface area contributed by atoms with Crippen LogP contribution in [0.1, 0.15) is 65.2 Å². The van der Waals surface area contributed by atoms with Gasteiger partial charge in [0.2, 0.25) is 5.91 Å². The second-order valence-corrected chi connectivity index (χ2v) is 8.04. The summed E-state index contributed by atoms with van der Waals surface area (Å²) in [5.41, 5.74) is 0. The van der Waals surface area contributed by atoms with Gasteiger partial charge in [0.15, 0.2) is 0 Å². The summed E-state index contributed by atoms with van der Waals surface area (Å²) in [5, 5.41) is 3.28. The highest BCUT2D eigenvalue weighted by molar-refractivity contribution is 5.81. The number of carbonyl (C=O) groups is 1. The molecule has 2 rings (SSSR count). The van der Waals surface area contributed by atoms with Gasteiger partial charge in [0.1, 0.15) is 0 Å². The Morgan fingerprint density at radius 3 is 2.57 bits per heavy atom. The van der Waals surface area contributed by atoms with E-state index in [1.165, 1.54) is 45.1 Å². The van der Waals surface area contributed by atoms with Crippen molar-refractivity contribution in [3.05, 3.63) is 0 Å². The Morgan fingerprint density at radius 1 is 1.22 bits per heavy atom. The summed E-state index contributed by atoms with van der Waals surface area (Å²) in [6, 6.07) is 1.07. The summed E-state index contributed by atoms with van der Waals surface area (Å²) in [7, 11) is 4.33. The van der Waals surface area contributed by atoms with Gasteiger partial charge in [-0.2, -0.15) is 0 Å². The van der Waals surface area contributed by atoms with E-state index in [1.807, 2.05) is 6.92 Å². The zero-order valence-corrected chi connectivity index (χ0v) is 15.7. The Balaban J connectivity index is 1.70. The molecule has 0 spiro atoms. The van der Waals surface area contributed by atoms with Crippen LogP contribution in [-0.2, 0) is 4.79 Å². The number of nitrogens with zero attached hydrogens (tertiary/aromatic N) is 2. The Morgan fingerprint density at radius 2 is 1.91 bits per heavy atom. The molecule has 0 radical (unpaired) electrons. The lowest BCUT2D eigenvalue weighted by molar-refractivity contribution is -0.126. The Bertz CT molecular complexity index is 366. The lowest BCUT2D eigenvalue weighted by Gasteiger charge is -2.35. The number of hydrogen-bond donors (Lipinski definition) is 1. The van der Waals surface area contributed by atoms with Gasteiger partial charge in [-0.15, -0.1) is 0 Å². The quantitative estimate of drug-likeness (QED) is 0.816. The first-order valence-electron chi connectivity index (χ1n) is 9.68. The van der Waals surface area contributed by atoms with Crippen LogP contribution in [0.25, 0.3) is 0 Å². The van der Waals surface area contributed by atoms with E-state index in [9.17, 15) is 4.79 Å². The minimum atomic E-state index is -0.0248. The Hall–Kier alpha value is -0.610. The molecule has 134 valence electrons. The molecule has 2 atom stereocenters. The van der Waals surface area contributed by atoms with Crippen LogP contribution in [0.2, 0.25) is 0 Å². The highest BCUT2D eigenvalue weighted by Crippen LogP contribution is 2.23. The van der Waals surface area contributed by atoms with Crippen LogP contribution in [0.15, 0.2) is 0 Å². The maximum absolute atomic E-state index is 12.5. The van der Waals surface area contributed by atoms with Gasteiger partial charge < -0.3 is 10.2 Å². The molecule has 4 heteroatoms. The molecule has 1 aliphatic heterocycles. The van der Waals surface area contributed by atoms with E-state index in [4.69, 9.17) is 0 Å². The third-order valence-electron chi connectivity index (χ3n) is 6.14. The molecule has 1 saturated heterocycles. The van der Waals surface area contributed by atoms with Crippen molar-refractivity contribution in [3.63, 3.8) is 0 Å². The largest absolute Gasteiger partial charge is 0.352 e. The van der Waals surface area contributed by atoms with Gasteiger partial charge in [-0.3, -0.25) is 9.69 Å². The lowest BCUT2D eigenvalue weighted by atomic mass is 9.87. The molecule has 1 amide bonds. The molecule has 2 fully saturated rings. The number of piperidine rings is 1. The number of nitrogens with one attached hydrogen (secondary N) is 1. The number of likely N-dealkylation sites (N-methyl/N-ethyl adjacent to an activating group) is 1. The summed E-state index contributed by atoms with van der Waals surface area (Å²) in [6.07, 6.45) is 9.98. The fourth-order valence-electron chi connectivity index (χ4n) is 3.98. The van der Waals surface area contributed by atoms with E-state index < -0.39 is 0 Å². The SMILES string of the molecule is CC1CCC(NC(=O)[C@@H](C)N(C)CC[C@H]2CCCCN2C)CC1. The fourth-order valence-corrected chi connectivity index (χ4v) is 3.98. The van der Waals surface area contributed by atoms with E-state index in [1.54, 1.807) is 0 Å². The van der Waals surface area contributed by atoms with Crippen LogP contribution >= 0.6 is 0 Å². The highest BCUT2D eigenvalue weighted by Gasteiger charge is 2.25. The molecule has 0 bridgehead atoms. The fraction of sp³-hybridized carbons (Fsp3) is 0.947. The van der Waals surface area contributed by atoms with E-state index in [0.29, 0.717) is 12.1 Å². The van der Waals surface area contributed by atoms with Gasteiger partial charge in [-0.25, -0.2) is 0 Å². The summed E-state index contributed by atoms with van der Waals surface area (Å²) in [6.45, 7) is 6.60. The summed E-state index contributed by atoms with van der Waals surface area (Å²) >= 11 is 0. The molecular weight excluding hydrogens is 286 g/mol. The summed E-state index contributed by atoms with van der Waals surface area (Å²) in [4.78, 5) is 17.2. The van der Waals surface area contributed by atoms with Gasteiger partial charge in [-0.1, -0.05) is 13.3 Å². The smallest absolute Gasteiger partial charge is 0.237 e. The lowest BCUT2D eigenvalue weighted by Crippen LogP contribution is -2.48. The van der Waals surface area contributed by atoms with E-state index in [-0.39, 0.29) is 11.9 Å². The highest BCUT2D eigenvalue weighted by atomic mass is 16.2. The van der Waals surface area contributed by atoms with Crippen molar-refractivity contribution >= 4 is 5.91 Å². The van der Waals surface area contributed by atoms with Crippen LogP contribution in [-0.4, -0.2) is 61.0 Å². The van der Waals surface area contributed by atoms with Crippen molar-refractivity contribution in [2.45, 2.75) is 83.3 Å². The molecule has 0 aromatic carbocycles. The average Bonchev–Trinajstić information content (AvgIpc) is 2.55. The summed E-state index contributed by atoms with van der Waals surface area (Å²) in [5.74, 6) is 1.04. The molecule has 4 nitrogen and oxygen atoms in total. The average molecular weight is 324 g/mol. The zero-order chi connectivity index (χ0) is 16.8. The summed E-state index contributed by atoms with van der Waals surface area (Å²) < 4.78 is 0. The topological polar surface area (TPSA) is 35.6 Å². The van der Waals surface area contributed by atoms with Crippen molar-refractivity contribution in [1.29, 1.82) is 0 Å². The minimum absolute atomic E-state index is 0.0248. The van der Waals surface area contributed by atoms with Crippen LogP contribution in [0.5, 0.6) is 0 Å². The standard InChI is InChI=1S/C19H37N3O/c1-15-8-10-17(11-9-15)20-19(23)16(2)21(3)14-12-18-7-5-6-13-22(18)4/h15-18H,5-14H2,1-4H3,(H,20,23)/t15?,16-,17?,18-/m1/s1. The van der Waals surface area contributed by atoms with Crippen molar-refractivity contribution in [2.75, 3.05) is 27.2 Å². The molecule has 1 saturated carbocycles. The number of carbonyl (C=O) groups excluding carboxylic acids is 1. The maximum atomic E-state index is 12.5. The predicted molar refractivity (Wildman–Crippen MR) is 96.5 cm³/mol. The first-order chi connectivity index (χ1) is 11.0. The third kappa shape index (κ3) is 5.75. The van der Waals surface area contributed by atoms with Crippen molar-refractivity contribution in [1.82, 2.24) is 15.1 Å². The Labute approximate surface area is 143 Å². The van der Waals surface area contributed by atoms with Crippen molar-refractivity contribution < 1.29 is 4.79 Å². The minimum Gasteiger partial charge on any atom is -0.352 e. The number of rotatable bonds is 6. The molecule has 0 aromatic rings. The molecule has 1 N–H and O–H groups in total. The first kappa shape index (κ1) is 18.7. The van der Waals surface area contributed by atoms with Gasteiger partial charge >= 0.3 is 0 Å². The molecular formula is C19H37N3O. The third-order valence-corrected chi connectivity index (χ3v) is 6.14. The normalized spacial score (nSPS) is 31.1. The van der Waals surface area contributed by atoms with Gasteiger partial charge in [0.25, 0.3) is 0 Å². The molecule has 1 aliphatic carbocycles. The Kier molecular flexibility index (Phi) is 7.35. The number of hydrogen-bond acceptors (Lipinski definition) is 3. The van der Waals surface area contributed by atoms with Crippen LogP contribution < -0.4 is 5.32 Å². The number of amides is 1. The van der Waals surface area contributed by atoms with E-state index in [2.05, 4.69) is 36.1 Å². The van der Waals surface area contributed by atoms with Crippen LogP contribution in [0.3, 0.4) is 0 Å². The molecule has 0 unspecified atom stereocenters. The van der Waals surface area contributed by atoms with Gasteiger partial charge in [0, 0.05) is 18.6 Å². The predicted octanol–water partition coefficient (Wildman–Crippen LogP) is 2.88. The van der Waals surface area contributed by atoms with E-state index in [0.717, 1.165) is 25.3 Å². The number of likely N-dealkylation sites (tertiary alicyclic amines) is 1. The molecule has 2 aliphatic rings. The van der Waals surface area contributed by atoms with Crippen molar-refractivity contribution in [3.8, 4) is 0 Å². The van der Waals surface area contributed by atoms with Gasteiger partial charge in [0.05, 0.1) is 6.04 Å². The van der Waals surface area contributed by atoms with Crippen LogP contribution in [0, 0.1) is 5.92 Å². The first-order valence-corrected chi connectivity index (χ1v) is 9.68. The zero-order valence-electron chi connectivity index (χ0n) is 15.7.